The van der Waals surface area contributed by atoms with Gasteiger partial charge in [0.1, 0.15) is 0 Å². The minimum absolute atomic E-state index is 0.0112. The standard InChI is InChI=1S/C19H28N2O6/c1-5-26-17-10-9-15(11-16(17)21(24)25)19(23)27-12-18(22)20-14(4)8-6-7-13(2)3/h9-11,13-14H,5-8,12H2,1-4H3,(H,20,22). The first-order chi connectivity index (χ1) is 12.7. The molecule has 1 rings (SSSR count). The van der Waals surface area contributed by atoms with Crippen LogP contribution in [0.25, 0.3) is 0 Å². The summed E-state index contributed by atoms with van der Waals surface area (Å²) >= 11 is 0. The van der Waals surface area contributed by atoms with Crippen molar-refractivity contribution in [2.75, 3.05) is 13.2 Å². The molecule has 0 aliphatic heterocycles. The summed E-state index contributed by atoms with van der Waals surface area (Å²) in [6, 6.07) is 3.78. The Labute approximate surface area is 159 Å². The highest BCUT2D eigenvalue weighted by molar-refractivity contribution is 5.92. The summed E-state index contributed by atoms with van der Waals surface area (Å²) in [6.45, 7) is 7.72. The van der Waals surface area contributed by atoms with Crippen molar-refractivity contribution in [2.24, 2.45) is 5.92 Å². The molecule has 8 nitrogen and oxygen atoms in total. The lowest BCUT2D eigenvalue weighted by molar-refractivity contribution is -0.385. The van der Waals surface area contributed by atoms with Crippen LogP contribution in [-0.2, 0) is 9.53 Å². The van der Waals surface area contributed by atoms with Crippen molar-refractivity contribution in [1.82, 2.24) is 5.32 Å². The van der Waals surface area contributed by atoms with Crippen LogP contribution in [0.3, 0.4) is 0 Å². The van der Waals surface area contributed by atoms with Gasteiger partial charge in [-0.3, -0.25) is 14.9 Å². The second kappa shape index (κ2) is 11.2. The van der Waals surface area contributed by atoms with Gasteiger partial charge in [-0.15, -0.1) is 0 Å². The van der Waals surface area contributed by atoms with Gasteiger partial charge in [0.05, 0.1) is 17.1 Å². The maximum atomic E-state index is 12.1. The summed E-state index contributed by atoms with van der Waals surface area (Å²) in [7, 11) is 0. The molecule has 150 valence electrons. The van der Waals surface area contributed by atoms with E-state index in [0.717, 1.165) is 25.3 Å². The SMILES string of the molecule is CCOc1ccc(C(=O)OCC(=O)NC(C)CCCC(C)C)cc1[N+](=O)[O-]. The lowest BCUT2D eigenvalue weighted by Gasteiger charge is -2.14. The second-order valence-corrected chi connectivity index (χ2v) is 6.74. The quantitative estimate of drug-likeness (QED) is 0.358. The number of carbonyl (C=O) groups excluding carboxylic acids is 2. The summed E-state index contributed by atoms with van der Waals surface area (Å²) in [6.07, 6.45) is 2.95. The van der Waals surface area contributed by atoms with E-state index >= 15 is 0 Å². The van der Waals surface area contributed by atoms with Crippen LogP contribution in [0, 0.1) is 16.0 Å². The fraction of sp³-hybridized carbons (Fsp3) is 0.579. The highest BCUT2D eigenvalue weighted by Crippen LogP contribution is 2.28. The number of hydrogen-bond donors (Lipinski definition) is 1. The van der Waals surface area contributed by atoms with Crippen LogP contribution in [0.1, 0.15) is 57.3 Å². The number of hydrogen-bond acceptors (Lipinski definition) is 6. The van der Waals surface area contributed by atoms with E-state index in [9.17, 15) is 19.7 Å². The van der Waals surface area contributed by atoms with Gasteiger partial charge in [0.2, 0.25) is 0 Å². The maximum absolute atomic E-state index is 12.1. The van der Waals surface area contributed by atoms with Crippen molar-refractivity contribution >= 4 is 17.6 Å². The summed E-state index contributed by atoms with van der Waals surface area (Å²) in [4.78, 5) is 34.4. The minimum atomic E-state index is -0.802. The number of nitrogens with zero attached hydrogens (tertiary/aromatic N) is 1. The number of nitro groups is 1. The summed E-state index contributed by atoms with van der Waals surface area (Å²) in [5, 5.41) is 13.9. The predicted octanol–water partition coefficient (Wildman–Crippen LogP) is 3.48. The molecule has 0 fully saturated rings. The smallest absolute Gasteiger partial charge is 0.338 e. The van der Waals surface area contributed by atoms with Gasteiger partial charge >= 0.3 is 11.7 Å². The number of carbonyl (C=O) groups is 2. The Kier molecular flexibility index (Phi) is 9.25. The van der Waals surface area contributed by atoms with E-state index in [0.29, 0.717) is 5.92 Å². The van der Waals surface area contributed by atoms with Gasteiger partial charge in [0, 0.05) is 12.1 Å². The van der Waals surface area contributed by atoms with Crippen LogP contribution in [0.2, 0.25) is 0 Å². The first-order valence-corrected chi connectivity index (χ1v) is 9.12. The molecular weight excluding hydrogens is 352 g/mol. The molecule has 1 N–H and O–H groups in total. The number of esters is 1. The van der Waals surface area contributed by atoms with Crippen molar-refractivity contribution in [3.05, 3.63) is 33.9 Å². The lowest BCUT2D eigenvalue weighted by Crippen LogP contribution is -2.35. The summed E-state index contributed by atoms with van der Waals surface area (Å²) in [5.41, 5.74) is -0.336. The molecule has 0 spiro atoms. The van der Waals surface area contributed by atoms with Gasteiger partial charge < -0.3 is 14.8 Å². The van der Waals surface area contributed by atoms with Gasteiger partial charge in [-0.25, -0.2) is 4.79 Å². The third-order valence-corrected chi connectivity index (χ3v) is 3.85. The average molecular weight is 380 g/mol. The number of rotatable bonds is 11. The summed E-state index contributed by atoms with van der Waals surface area (Å²) < 4.78 is 10.1. The van der Waals surface area contributed by atoms with Crippen LogP contribution >= 0.6 is 0 Å². The zero-order valence-electron chi connectivity index (χ0n) is 16.3. The molecule has 1 aromatic rings. The van der Waals surface area contributed by atoms with Gasteiger partial charge in [0.25, 0.3) is 5.91 Å². The van der Waals surface area contributed by atoms with E-state index in [2.05, 4.69) is 19.2 Å². The maximum Gasteiger partial charge on any atom is 0.338 e. The molecule has 0 bridgehead atoms. The van der Waals surface area contributed by atoms with Crippen molar-refractivity contribution in [3.8, 4) is 5.75 Å². The van der Waals surface area contributed by atoms with Crippen molar-refractivity contribution in [1.29, 1.82) is 0 Å². The van der Waals surface area contributed by atoms with Crippen LogP contribution < -0.4 is 10.1 Å². The van der Waals surface area contributed by atoms with E-state index in [-0.39, 0.29) is 29.6 Å². The number of nitrogens with one attached hydrogen (secondary N) is 1. The Morgan fingerprint density at radius 1 is 1.22 bits per heavy atom. The zero-order valence-corrected chi connectivity index (χ0v) is 16.3. The highest BCUT2D eigenvalue weighted by atomic mass is 16.6. The van der Waals surface area contributed by atoms with Gasteiger partial charge in [-0.05, 0) is 38.3 Å². The van der Waals surface area contributed by atoms with Crippen LogP contribution in [-0.4, -0.2) is 36.1 Å². The van der Waals surface area contributed by atoms with Crippen molar-refractivity contribution in [2.45, 2.75) is 53.0 Å². The molecule has 27 heavy (non-hydrogen) atoms. The van der Waals surface area contributed by atoms with E-state index in [4.69, 9.17) is 9.47 Å². The highest BCUT2D eigenvalue weighted by Gasteiger charge is 2.20. The lowest BCUT2D eigenvalue weighted by atomic mass is 10.0. The number of nitro benzene ring substituents is 1. The number of ether oxygens (including phenoxy) is 2. The van der Waals surface area contributed by atoms with Gasteiger partial charge in [0.15, 0.2) is 12.4 Å². The first-order valence-electron chi connectivity index (χ1n) is 9.12. The van der Waals surface area contributed by atoms with E-state index in [1.54, 1.807) is 6.92 Å². The Morgan fingerprint density at radius 3 is 2.52 bits per heavy atom. The Bertz CT molecular complexity index is 660. The fourth-order valence-corrected chi connectivity index (χ4v) is 2.50. The van der Waals surface area contributed by atoms with Crippen LogP contribution in [0.5, 0.6) is 5.75 Å². The predicted molar refractivity (Wildman–Crippen MR) is 101 cm³/mol. The molecule has 0 saturated heterocycles. The minimum Gasteiger partial charge on any atom is -0.487 e. The van der Waals surface area contributed by atoms with Crippen LogP contribution in [0.4, 0.5) is 5.69 Å². The van der Waals surface area contributed by atoms with E-state index in [1.165, 1.54) is 12.1 Å². The molecule has 1 atom stereocenters. The molecule has 1 aromatic carbocycles. The fourth-order valence-electron chi connectivity index (χ4n) is 2.50. The molecular formula is C19H28N2O6. The molecule has 0 heterocycles. The molecule has 1 amide bonds. The molecule has 0 saturated carbocycles. The third kappa shape index (κ3) is 8.06. The zero-order chi connectivity index (χ0) is 20.4. The van der Waals surface area contributed by atoms with Gasteiger partial charge in [-0.1, -0.05) is 26.7 Å². The number of amides is 1. The van der Waals surface area contributed by atoms with Gasteiger partial charge in [-0.2, -0.15) is 0 Å². The van der Waals surface area contributed by atoms with Crippen LogP contribution in [0.15, 0.2) is 18.2 Å². The first kappa shape index (κ1) is 22.4. The van der Waals surface area contributed by atoms with E-state index in [1.807, 2.05) is 6.92 Å². The molecule has 0 aliphatic carbocycles. The van der Waals surface area contributed by atoms with Crippen molar-refractivity contribution < 1.29 is 24.0 Å². The third-order valence-electron chi connectivity index (χ3n) is 3.85. The average Bonchev–Trinajstić information content (AvgIpc) is 2.59. The van der Waals surface area contributed by atoms with Crippen molar-refractivity contribution in [3.63, 3.8) is 0 Å². The molecule has 0 radical (unpaired) electrons. The van der Waals surface area contributed by atoms with E-state index < -0.39 is 23.4 Å². The molecule has 1 unspecified atom stereocenters. The summed E-state index contributed by atoms with van der Waals surface area (Å²) in [5.74, 6) is -0.511. The molecule has 8 heteroatoms. The molecule has 0 aromatic heterocycles. The number of benzene rings is 1. The Hall–Kier alpha value is -2.64. The molecule has 0 aliphatic rings. The topological polar surface area (TPSA) is 108 Å². The normalized spacial score (nSPS) is 11.7. The largest absolute Gasteiger partial charge is 0.487 e. The monoisotopic (exact) mass is 380 g/mol. The second-order valence-electron chi connectivity index (χ2n) is 6.74. The Balaban J connectivity index is 2.55. The Morgan fingerprint density at radius 2 is 1.93 bits per heavy atom.